The van der Waals surface area contributed by atoms with Crippen LogP contribution in [0.1, 0.15) is 0 Å². The normalized spacial score (nSPS) is 8.00. The van der Waals surface area contributed by atoms with E-state index in [1.54, 1.807) is 0 Å². The topological polar surface area (TPSA) is 50.4 Å². The fraction of sp³-hybridized carbons (Fsp3) is 0. The largest absolute Gasteiger partial charge is 3.00 e. The molecule has 1 N–H and O–H groups in total. The van der Waals surface area contributed by atoms with Gasteiger partial charge >= 0.3 is 22.7 Å². The number of aromatic hydroxyl groups is 1. The maximum Gasteiger partial charge on any atom is 3.00 e. The quantitative estimate of drug-likeness (QED) is 0.568. The average Bonchev–Trinajstić information content (AvgIpc) is 1.77. The molecule has 9 heavy (non-hydrogen) atoms. The van der Waals surface area contributed by atoms with E-state index >= 15 is 0 Å². The molecule has 0 aliphatic carbocycles. The van der Waals surface area contributed by atoms with Gasteiger partial charge in [0, 0.05) is 0 Å². The van der Waals surface area contributed by atoms with Crippen LogP contribution in [0.2, 0.25) is 0 Å². The Bertz CT molecular complexity index is 230. The summed E-state index contributed by atoms with van der Waals surface area (Å²) < 4.78 is 4.25. The number of rotatable bonds is 0. The van der Waals surface area contributed by atoms with Crippen molar-refractivity contribution in [2.75, 3.05) is 0 Å². The third-order valence-electron chi connectivity index (χ3n) is 0.717. The zero-order valence-electron chi connectivity index (χ0n) is 4.35. The van der Waals surface area contributed by atoms with Crippen molar-refractivity contribution in [3.8, 4) is 5.75 Å². The predicted molar refractivity (Wildman–Crippen MR) is 26.6 cm³/mol. The third-order valence-corrected chi connectivity index (χ3v) is 0.717. The summed E-state index contributed by atoms with van der Waals surface area (Å²) in [6.45, 7) is 0. The molecule has 0 unspecified atom stereocenters. The van der Waals surface area contributed by atoms with Crippen LogP contribution in [0.3, 0.4) is 0 Å². The summed E-state index contributed by atoms with van der Waals surface area (Å²) in [5.74, 6) is -0.354. The molecule has 1 heterocycles. The molecule has 1 rings (SSSR count). The summed E-state index contributed by atoms with van der Waals surface area (Å²) in [5, 5.41) is 8.51. The van der Waals surface area contributed by atoms with Crippen LogP contribution in [0.5, 0.6) is 5.75 Å². The van der Waals surface area contributed by atoms with Crippen LogP contribution >= 0.6 is 0 Å². The van der Waals surface area contributed by atoms with Gasteiger partial charge in [-0.1, -0.05) is 0 Å². The van der Waals surface area contributed by atoms with Crippen molar-refractivity contribution in [1.29, 1.82) is 0 Å². The smallest absolute Gasteiger partial charge is 0.502 e. The van der Waals surface area contributed by atoms with Crippen molar-refractivity contribution in [2.45, 2.75) is 0 Å². The fourth-order valence-corrected chi connectivity index (χ4v) is 0.360. The zero-order chi connectivity index (χ0) is 5.98. The summed E-state index contributed by atoms with van der Waals surface area (Å²) in [7, 11) is 0. The van der Waals surface area contributed by atoms with Crippen molar-refractivity contribution in [1.82, 2.24) is 0 Å². The zero-order valence-corrected chi connectivity index (χ0v) is 5.45. The Hall–Kier alpha value is -0.731. The van der Waals surface area contributed by atoms with Crippen molar-refractivity contribution in [3.63, 3.8) is 0 Å². The van der Waals surface area contributed by atoms with Gasteiger partial charge in [0.1, 0.15) is 0 Å². The van der Waals surface area contributed by atoms with Gasteiger partial charge in [-0.3, -0.25) is 0 Å². The molecular formula is C5H4FeO3+3. The molecule has 0 aliphatic rings. The number of hydrogen-bond acceptors (Lipinski definition) is 3. The maximum absolute atomic E-state index is 10.2. The van der Waals surface area contributed by atoms with E-state index in [4.69, 9.17) is 5.11 Å². The van der Waals surface area contributed by atoms with Crippen molar-refractivity contribution >= 4 is 0 Å². The molecule has 3 nitrogen and oxygen atoms in total. The Morgan fingerprint density at radius 1 is 1.56 bits per heavy atom. The minimum atomic E-state index is -0.701. The van der Waals surface area contributed by atoms with Crippen molar-refractivity contribution in [3.05, 3.63) is 28.8 Å². The molecule has 0 spiro atoms. The summed E-state index contributed by atoms with van der Waals surface area (Å²) >= 11 is 0. The SMILES string of the molecule is O=c1occcc1O.[Fe+3]. The van der Waals surface area contributed by atoms with Crippen molar-refractivity contribution < 1.29 is 26.6 Å². The molecule has 4 heteroatoms. The molecule has 0 saturated carbocycles. The fourth-order valence-electron chi connectivity index (χ4n) is 0.360. The molecule has 1 aromatic rings. The Labute approximate surface area is 61.8 Å². The van der Waals surface area contributed by atoms with Crippen LogP contribution in [0, 0.1) is 0 Å². The van der Waals surface area contributed by atoms with Gasteiger partial charge in [-0.05, 0) is 12.1 Å². The predicted octanol–water partition coefficient (Wildman–Crippen LogP) is 0.343. The van der Waals surface area contributed by atoms with E-state index in [-0.39, 0.29) is 22.8 Å². The van der Waals surface area contributed by atoms with Crippen LogP contribution in [-0.4, -0.2) is 5.11 Å². The Morgan fingerprint density at radius 2 is 2.22 bits per heavy atom. The second-order valence-electron chi connectivity index (χ2n) is 1.29. The molecular weight excluding hydrogens is 164 g/mol. The van der Waals surface area contributed by atoms with Gasteiger partial charge in [0.25, 0.3) is 0 Å². The van der Waals surface area contributed by atoms with Crippen LogP contribution in [-0.2, 0) is 17.1 Å². The van der Waals surface area contributed by atoms with Gasteiger partial charge in [-0.2, -0.15) is 0 Å². The first-order valence-corrected chi connectivity index (χ1v) is 2.07. The molecule has 0 saturated heterocycles. The summed E-state index contributed by atoms with van der Waals surface area (Å²) in [6.07, 6.45) is 1.21. The van der Waals surface area contributed by atoms with E-state index in [9.17, 15) is 4.79 Å². The molecule has 0 bridgehead atoms. The van der Waals surface area contributed by atoms with Crippen LogP contribution in [0.15, 0.2) is 27.6 Å². The van der Waals surface area contributed by atoms with Crippen LogP contribution < -0.4 is 5.63 Å². The van der Waals surface area contributed by atoms with Gasteiger partial charge in [0.05, 0.1) is 6.26 Å². The second-order valence-corrected chi connectivity index (χ2v) is 1.29. The Morgan fingerprint density at radius 3 is 2.56 bits per heavy atom. The molecule has 0 amide bonds. The molecule has 47 valence electrons. The van der Waals surface area contributed by atoms with Gasteiger partial charge in [-0.15, -0.1) is 0 Å². The van der Waals surface area contributed by atoms with E-state index in [1.165, 1.54) is 18.4 Å². The Kier molecular flexibility index (Phi) is 3.06. The molecule has 0 aliphatic heterocycles. The van der Waals surface area contributed by atoms with E-state index in [0.717, 1.165) is 0 Å². The monoisotopic (exact) mass is 168 g/mol. The van der Waals surface area contributed by atoms with Gasteiger partial charge < -0.3 is 9.52 Å². The van der Waals surface area contributed by atoms with E-state index in [0.29, 0.717) is 0 Å². The first kappa shape index (κ1) is 8.27. The molecule has 1 radical (unpaired) electrons. The summed E-state index contributed by atoms with van der Waals surface area (Å²) in [6, 6.07) is 2.71. The van der Waals surface area contributed by atoms with Crippen molar-refractivity contribution in [2.24, 2.45) is 0 Å². The minimum Gasteiger partial charge on any atom is -0.502 e. The van der Waals surface area contributed by atoms with E-state index < -0.39 is 5.63 Å². The standard InChI is InChI=1S/C5H4O3.Fe/c6-4-2-1-3-8-5(4)7;/h1-3,6H;/q;+3. The molecule has 0 aromatic carbocycles. The van der Waals surface area contributed by atoms with Gasteiger partial charge in [-0.25, -0.2) is 4.79 Å². The first-order valence-electron chi connectivity index (χ1n) is 2.07. The van der Waals surface area contributed by atoms with Crippen LogP contribution in [0.4, 0.5) is 0 Å². The van der Waals surface area contributed by atoms with Gasteiger partial charge in [0.2, 0.25) is 5.75 Å². The van der Waals surface area contributed by atoms with Gasteiger partial charge in [0.15, 0.2) is 0 Å². The second kappa shape index (κ2) is 3.33. The Balaban J connectivity index is 0.000000640. The van der Waals surface area contributed by atoms with Crippen LogP contribution in [0.25, 0.3) is 0 Å². The minimum absolute atomic E-state index is 0. The molecule has 1 aromatic heterocycles. The van der Waals surface area contributed by atoms with E-state index in [1.807, 2.05) is 0 Å². The molecule has 0 fully saturated rings. The third kappa shape index (κ3) is 1.91. The maximum atomic E-state index is 10.2. The average molecular weight is 168 g/mol. The summed E-state index contributed by atoms with van der Waals surface area (Å²) in [4.78, 5) is 10.2. The number of hydrogen-bond donors (Lipinski definition) is 1. The first-order chi connectivity index (χ1) is 3.80. The molecule has 0 atom stereocenters. The van der Waals surface area contributed by atoms with E-state index in [2.05, 4.69) is 4.42 Å². The summed E-state index contributed by atoms with van der Waals surface area (Å²) in [5.41, 5.74) is -0.701.